The van der Waals surface area contributed by atoms with E-state index in [9.17, 15) is 4.79 Å². The smallest absolute Gasteiger partial charge is 0.222 e. The van der Waals surface area contributed by atoms with Gasteiger partial charge in [-0.1, -0.05) is 13.3 Å². The van der Waals surface area contributed by atoms with Crippen LogP contribution in [-0.2, 0) is 4.79 Å². The zero-order valence-electron chi connectivity index (χ0n) is 11.2. The van der Waals surface area contributed by atoms with Crippen LogP contribution in [0.3, 0.4) is 0 Å². The zero-order chi connectivity index (χ0) is 11.8. The first-order valence-corrected chi connectivity index (χ1v) is 6.68. The predicted octanol–water partition coefficient (Wildman–Crippen LogP) is 2.45. The first-order valence-electron chi connectivity index (χ1n) is 6.68. The largest absolute Gasteiger partial charge is 0.346 e. The second-order valence-electron chi connectivity index (χ2n) is 4.90. The third-order valence-electron chi connectivity index (χ3n) is 3.50. The summed E-state index contributed by atoms with van der Waals surface area (Å²) in [4.78, 5) is 13.7. The van der Waals surface area contributed by atoms with Gasteiger partial charge >= 0.3 is 0 Å². The standard InChI is InChI=1S/C13H26N2O.ClH/c1-3-4-11-15(2)13(16)6-5-12-7-9-14-10-8-12;/h12,14H,3-11H2,1-2H3;1H. The predicted molar refractivity (Wildman–Crippen MR) is 74.6 cm³/mol. The Kier molecular flexibility index (Phi) is 9.56. The van der Waals surface area contributed by atoms with E-state index >= 15 is 0 Å². The first kappa shape index (κ1) is 16.7. The number of amides is 1. The molecule has 0 bridgehead atoms. The number of carbonyl (C=O) groups excluding carboxylic acids is 1. The van der Waals surface area contributed by atoms with Crippen molar-refractivity contribution in [2.45, 2.75) is 45.4 Å². The van der Waals surface area contributed by atoms with Gasteiger partial charge in [0, 0.05) is 20.0 Å². The Morgan fingerprint density at radius 2 is 2.00 bits per heavy atom. The van der Waals surface area contributed by atoms with Crippen molar-refractivity contribution < 1.29 is 4.79 Å². The van der Waals surface area contributed by atoms with Crippen LogP contribution in [0.25, 0.3) is 0 Å². The van der Waals surface area contributed by atoms with Gasteiger partial charge in [0.15, 0.2) is 0 Å². The van der Waals surface area contributed by atoms with Gasteiger partial charge in [0.1, 0.15) is 0 Å². The van der Waals surface area contributed by atoms with Crippen LogP contribution in [0.5, 0.6) is 0 Å². The number of nitrogens with one attached hydrogen (secondary N) is 1. The summed E-state index contributed by atoms with van der Waals surface area (Å²) >= 11 is 0. The van der Waals surface area contributed by atoms with Crippen molar-refractivity contribution in [2.24, 2.45) is 5.92 Å². The molecule has 0 atom stereocenters. The minimum absolute atomic E-state index is 0. The van der Waals surface area contributed by atoms with E-state index < -0.39 is 0 Å². The minimum Gasteiger partial charge on any atom is -0.346 e. The Morgan fingerprint density at radius 1 is 1.35 bits per heavy atom. The highest BCUT2D eigenvalue weighted by Crippen LogP contribution is 2.18. The Bertz CT molecular complexity index is 206. The van der Waals surface area contributed by atoms with Crippen LogP contribution < -0.4 is 5.32 Å². The quantitative estimate of drug-likeness (QED) is 0.798. The molecule has 0 radical (unpaired) electrons. The maximum Gasteiger partial charge on any atom is 0.222 e. The normalized spacial score (nSPS) is 16.4. The summed E-state index contributed by atoms with van der Waals surface area (Å²) < 4.78 is 0. The Labute approximate surface area is 112 Å². The Balaban J connectivity index is 0.00000256. The molecule has 1 N–H and O–H groups in total. The summed E-state index contributed by atoms with van der Waals surface area (Å²) in [7, 11) is 1.93. The van der Waals surface area contributed by atoms with E-state index in [0.717, 1.165) is 51.2 Å². The molecule has 1 aliphatic heterocycles. The van der Waals surface area contributed by atoms with Crippen LogP contribution in [0.1, 0.15) is 45.4 Å². The second kappa shape index (κ2) is 9.72. The first-order chi connectivity index (χ1) is 7.74. The zero-order valence-corrected chi connectivity index (χ0v) is 12.0. The third-order valence-corrected chi connectivity index (χ3v) is 3.50. The van der Waals surface area contributed by atoms with E-state index in [-0.39, 0.29) is 12.4 Å². The molecular weight excluding hydrogens is 236 g/mol. The molecule has 1 rings (SSSR count). The van der Waals surface area contributed by atoms with Gasteiger partial charge in [0.2, 0.25) is 5.91 Å². The van der Waals surface area contributed by atoms with Gasteiger partial charge in [-0.3, -0.25) is 4.79 Å². The fourth-order valence-electron chi connectivity index (χ4n) is 2.21. The van der Waals surface area contributed by atoms with Gasteiger partial charge in [-0.05, 0) is 44.7 Å². The van der Waals surface area contributed by atoms with E-state index in [1.165, 1.54) is 12.8 Å². The molecule has 0 unspecified atom stereocenters. The summed E-state index contributed by atoms with van der Waals surface area (Å²) in [5.41, 5.74) is 0. The average Bonchev–Trinajstić information content (AvgIpc) is 2.34. The third kappa shape index (κ3) is 6.89. The highest BCUT2D eigenvalue weighted by atomic mass is 35.5. The second-order valence-corrected chi connectivity index (χ2v) is 4.90. The van der Waals surface area contributed by atoms with Crippen LogP contribution in [0.15, 0.2) is 0 Å². The lowest BCUT2D eigenvalue weighted by Gasteiger charge is -2.23. The minimum atomic E-state index is 0. The topological polar surface area (TPSA) is 32.3 Å². The number of hydrogen-bond donors (Lipinski definition) is 1. The van der Waals surface area contributed by atoms with Gasteiger partial charge in [-0.2, -0.15) is 0 Å². The van der Waals surface area contributed by atoms with Crippen LogP contribution in [0.4, 0.5) is 0 Å². The van der Waals surface area contributed by atoms with Crippen LogP contribution in [0.2, 0.25) is 0 Å². The molecule has 3 nitrogen and oxygen atoms in total. The molecule has 0 spiro atoms. The van der Waals surface area contributed by atoms with Crippen molar-refractivity contribution in [3.8, 4) is 0 Å². The molecule has 0 aromatic rings. The number of unbranched alkanes of at least 4 members (excludes halogenated alkanes) is 1. The molecule has 1 saturated heterocycles. The maximum atomic E-state index is 11.8. The van der Waals surface area contributed by atoms with Crippen molar-refractivity contribution in [1.29, 1.82) is 0 Å². The lowest BCUT2D eigenvalue weighted by Crippen LogP contribution is -2.30. The van der Waals surface area contributed by atoms with Crippen molar-refractivity contribution in [2.75, 3.05) is 26.7 Å². The fourth-order valence-corrected chi connectivity index (χ4v) is 2.21. The molecule has 0 aliphatic carbocycles. The summed E-state index contributed by atoms with van der Waals surface area (Å²) in [6, 6.07) is 0. The highest BCUT2D eigenvalue weighted by molar-refractivity contribution is 5.85. The number of piperidine rings is 1. The Morgan fingerprint density at radius 3 is 2.59 bits per heavy atom. The monoisotopic (exact) mass is 262 g/mol. The molecule has 1 heterocycles. The van der Waals surface area contributed by atoms with Crippen LogP contribution in [-0.4, -0.2) is 37.5 Å². The number of hydrogen-bond acceptors (Lipinski definition) is 2. The molecule has 0 aromatic carbocycles. The lowest BCUT2D eigenvalue weighted by atomic mass is 9.93. The maximum absolute atomic E-state index is 11.8. The van der Waals surface area contributed by atoms with Gasteiger partial charge in [0.05, 0.1) is 0 Å². The molecule has 1 aliphatic rings. The lowest BCUT2D eigenvalue weighted by molar-refractivity contribution is -0.130. The van der Waals surface area contributed by atoms with Gasteiger partial charge in [-0.25, -0.2) is 0 Å². The van der Waals surface area contributed by atoms with Crippen molar-refractivity contribution in [1.82, 2.24) is 10.2 Å². The van der Waals surface area contributed by atoms with Crippen LogP contribution in [0, 0.1) is 5.92 Å². The molecule has 102 valence electrons. The van der Waals surface area contributed by atoms with Crippen molar-refractivity contribution >= 4 is 18.3 Å². The van der Waals surface area contributed by atoms with Crippen molar-refractivity contribution in [3.63, 3.8) is 0 Å². The highest BCUT2D eigenvalue weighted by Gasteiger charge is 2.15. The summed E-state index contributed by atoms with van der Waals surface area (Å²) in [5.74, 6) is 1.09. The number of carbonyl (C=O) groups is 1. The molecular formula is C13H27ClN2O. The number of rotatable bonds is 6. The van der Waals surface area contributed by atoms with Gasteiger partial charge < -0.3 is 10.2 Å². The van der Waals surface area contributed by atoms with E-state index in [0.29, 0.717) is 5.91 Å². The van der Waals surface area contributed by atoms with Gasteiger partial charge in [0.25, 0.3) is 0 Å². The summed E-state index contributed by atoms with van der Waals surface area (Å²) in [6.45, 7) is 5.34. The molecule has 17 heavy (non-hydrogen) atoms. The van der Waals surface area contributed by atoms with Gasteiger partial charge in [-0.15, -0.1) is 12.4 Å². The average molecular weight is 263 g/mol. The summed E-state index contributed by atoms with van der Waals surface area (Å²) in [5, 5.41) is 3.36. The fraction of sp³-hybridized carbons (Fsp3) is 0.923. The Hall–Kier alpha value is -0.280. The molecule has 0 aromatic heterocycles. The molecule has 4 heteroatoms. The van der Waals surface area contributed by atoms with E-state index in [1.807, 2.05) is 11.9 Å². The molecule has 1 fully saturated rings. The van der Waals surface area contributed by atoms with Crippen molar-refractivity contribution in [3.05, 3.63) is 0 Å². The summed E-state index contributed by atoms with van der Waals surface area (Å²) in [6.07, 6.45) is 6.58. The van der Waals surface area contributed by atoms with E-state index in [2.05, 4.69) is 12.2 Å². The van der Waals surface area contributed by atoms with Crippen LogP contribution >= 0.6 is 12.4 Å². The molecule has 1 amide bonds. The number of nitrogens with zero attached hydrogens (tertiary/aromatic N) is 1. The number of halogens is 1. The van der Waals surface area contributed by atoms with E-state index in [4.69, 9.17) is 0 Å². The van der Waals surface area contributed by atoms with E-state index in [1.54, 1.807) is 0 Å². The molecule has 0 saturated carbocycles. The SMILES string of the molecule is CCCCN(C)C(=O)CCC1CCNCC1.Cl.